The lowest BCUT2D eigenvalue weighted by Crippen LogP contribution is -1.98. The molecule has 0 aliphatic heterocycles. The topological polar surface area (TPSA) is 115 Å². The molecule has 0 aromatic heterocycles. The third-order valence-corrected chi connectivity index (χ3v) is 1.27. The molecule has 0 fully saturated rings. The molecule has 6 nitrogen and oxygen atoms in total. The van der Waals surface area contributed by atoms with Gasteiger partial charge in [-0.05, 0) is 12.1 Å². The maximum Gasteiger partial charge on any atom is 0.339 e. The molecule has 0 aliphatic rings. The number of rotatable bonds is 2. The average Bonchev–Trinajstić information content (AvgIpc) is 2.19. The number of aliphatic hydroxyl groups is 1. The molecule has 0 saturated heterocycles. The largest absolute Gasteiger partial charge is 0.507 e. The molecule has 1 aromatic carbocycles. The molecular formula is C9H10O6. The number of aliphatic carboxylic acids is 1. The van der Waals surface area contributed by atoms with Crippen LogP contribution in [0.2, 0.25) is 0 Å². The molecule has 0 radical (unpaired) electrons. The molecule has 1 aromatic rings. The van der Waals surface area contributed by atoms with Crippen molar-refractivity contribution in [3.63, 3.8) is 0 Å². The standard InChI is InChI=1S/C7H6O3.C2H4O3/c8-6-4-2-1-3-5(6)7(9)10;3-1-2(4)5/h1-4,8H,(H,9,10);3H,1H2,(H,4,5). The third kappa shape index (κ3) is 5.27. The van der Waals surface area contributed by atoms with E-state index in [1.54, 1.807) is 12.1 Å². The van der Waals surface area contributed by atoms with E-state index in [9.17, 15) is 4.79 Å². The lowest BCUT2D eigenvalue weighted by molar-refractivity contribution is -0.140. The minimum atomic E-state index is -1.19. The zero-order valence-electron chi connectivity index (χ0n) is 7.62. The normalized spacial score (nSPS) is 8.60. The van der Waals surface area contributed by atoms with Crippen molar-refractivity contribution in [3.05, 3.63) is 29.8 Å². The first kappa shape index (κ1) is 12.9. The summed E-state index contributed by atoms with van der Waals surface area (Å²) in [7, 11) is 0. The third-order valence-electron chi connectivity index (χ3n) is 1.27. The summed E-state index contributed by atoms with van der Waals surface area (Å²) in [5.74, 6) is -2.50. The maximum atomic E-state index is 10.3. The summed E-state index contributed by atoms with van der Waals surface area (Å²) in [6.07, 6.45) is 0. The number of aromatic hydroxyl groups is 1. The molecule has 4 N–H and O–H groups in total. The van der Waals surface area contributed by atoms with Crippen molar-refractivity contribution in [1.29, 1.82) is 0 Å². The molecule has 0 spiro atoms. The highest BCUT2D eigenvalue weighted by atomic mass is 16.4. The fraction of sp³-hybridized carbons (Fsp3) is 0.111. The highest BCUT2D eigenvalue weighted by molar-refractivity contribution is 5.90. The number of carboxylic acid groups (broad SMARTS) is 2. The Morgan fingerprint density at radius 2 is 1.60 bits per heavy atom. The van der Waals surface area contributed by atoms with Crippen LogP contribution in [-0.2, 0) is 4.79 Å². The van der Waals surface area contributed by atoms with Crippen molar-refractivity contribution in [2.75, 3.05) is 6.61 Å². The van der Waals surface area contributed by atoms with Crippen LogP contribution in [-0.4, -0.2) is 39.0 Å². The Kier molecular flexibility index (Phi) is 5.50. The first-order chi connectivity index (χ1) is 6.99. The zero-order chi connectivity index (χ0) is 11.8. The van der Waals surface area contributed by atoms with Crippen LogP contribution in [0.4, 0.5) is 0 Å². The fourth-order valence-corrected chi connectivity index (χ4v) is 0.654. The van der Waals surface area contributed by atoms with Crippen LogP contribution < -0.4 is 0 Å². The Morgan fingerprint density at radius 3 is 1.87 bits per heavy atom. The van der Waals surface area contributed by atoms with E-state index in [2.05, 4.69) is 0 Å². The Hall–Kier alpha value is -2.08. The van der Waals surface area contributed by atoms with Crippen molar-refractivity contribution in [3.8, 4) is 5.75 Å². The van der Waals surface area contributed by atoms with Crippen molar-refractivity contribution in [2.45, 2.75) is 0 Å². The van der Waals surface area contributed by atoms with Gasteiger partial charge in [-0.25, -0.2) is 9.59 Å². The van der Waals surface area contributed by atoms with Gasteiger partial charge in [0, 0.05) is 0 Å². The van der Waals surface area contributed by atoms with E-state index in [1.165, 1.54) is 12.1 Å². The van der Waals surface area contributed by atoms with Gasteiger partial charge < -0.3 is 20.4 Å². The van der Waals surface area contributed by atoms with E-state index in [1.807, 2.05) is 0 Å². The summed E-state index contributed by atoms with van der Waals surface area (Å²) in [6, 6.07) is 5.81. The molecule has 6 heteroatoms. The minimum absolute atomic E-state index is 0.0671. The van der Waals surface area contributed by atoms with Gasteiger partial charge >= 0.3 is 11.9 Å². The van der Waals surface area contributed by atoms with Crippen LogP contribution >= 0.6 is 0 Å². The highest BCUT2D eigenvalue weighted by Crippen LogP contribution is 2.14. The Bertz CT molecular complexity index is 346. The van der Waals surface area contributed by atoms with Crippen LogP contribution in [0.15, 0.2) is 24.3 Å². The highest BCUT2D eigenvalue weighted by Gasteiger charge is 2.05. The van der Waals surface area contributed by atoms with Crippen molar-refractivity contribution in [1.82, 2.24) is 0 Å². The molecule has 0 heterocycles. The lowest BCUT2D eigenvalue weighted by Gasteiger charge is -1.95. The van der Waals surface area contributed by atoms with Crippen LogP contribution in [0.1, 0.15) is 10.4 Å². The Morgan fingerprint density at radius 1 is 1.13 bits per heavy atom. The first-order valence-corrected chi connectivity index (χ1v) is 3.83. The number of aromatic carboxylic acids is 1. The summed E-state index contributed by atoms with van der Waals surface area (Å²) in [5.41, 5.74) is -0.0671. The second-order valence-electron chi connectivity index (χ2n) is 2.37. The van der Waals surface area contributed by atoms with Gasteiger partial charge in [0.1, 0.15) is 17.9 Å². The summed E-state index contributed by atoms with van der Waals surface area (Å²) in [4.78, 5) is 19.4. The van der Waals surface area contributed by atoms with Crippen LogP contribution in [0, 0.1) is 0 Å². The summed E-state index contributed by atoms with van der Waals surface area (Å²) in [6.45, 7) is -0.778. The van der Waals surface area contributed by atoms with Crippen molar-refractivity contribution in [2.24, 2.45) is 0 Å². The predicted octanol–water partition coefficient (Wildman–Crippen LogP) is 0.154. The molecule has 0 unspecified atom stereocenters. The molecule has 1 rings (SSSR count). The molecule has 0 saturated carbocycles. The van der Waals surface area contributed by atoms with Crippen LogP contribution in [0.5, 0.6) is 5.75 Å². The van der Waals surface area contributed by atoms with Crippen LogP contribution in [0.25, 0.3) is 0 Å². The van der Waals surface area contributed by atoms with Gasteiger partial charge in [0.15, 0.2) is 0 Å². The summed E-state index contributed by atoms with van der Waals surface area (Å²) < 4.78 is 0. The number of carboxylic acids is 2. The van der Waals surface area contributed by atoms with E-state index >= 15 is 0 Å². The molecule has 0 bridgehead atoms. The van der Waals surface area contributed by atoms with E-state index < -0.39 is 18.5 Å². The predicted molar refractivity (Wildman–Crippen MR) is 49.8 cm³/mol. The Balaban J connectivity index is 0.000000336. The molecule has 82 valence electrons. The van der Waals surface area contributed by atoms with Gasteiger partial charge in [-0.3, -0.25) is 0 Å². The quantitative estimate of drug-likeness (QED) is 0.557. The number of phenols is 1. The maximum absolute atomic E-state index is 10.3. The Labute approximate surface area is 85.0 Å². The number of para-hydroxylation sites is 1. The first-order valence-electron chi connectivity index (χ1n) is 3.83. The monoisotopic (exact) mass is 214 g/mol. The van der Waals surface area contributed by atoms with E-state index in [4.69, 9.17) is 25.2 Å². The summed E-state index contributed by atoms with van der Waals surface area (Å²) in [5, 5.41) is 32.3. The molecule has 0 atom stereocenters. The van der Waals surface area contributed by atoms with Crippen molar-refractivity contribution < 1.29 is 30.0 Å². The molecule has 0 aliphatic carbocycles. The zero-order valence-corrected chi connectivity index (χ0v) is 7.62. The molecular weight excluding hydrogens is 204 g/mol. The van der Waals surface area contributed by atoms with E-state index in [0.29, 0.717) is 0 Å². The number of carbonyl (C=O) groups is 2. The summed E-state index contributed by atoms with van der Waals surface area (Å²) >= 11 is 0. The number of benzene rings is 1. The smallest absolute Gasteiger partial charge is 0.339 e. The van der Waals surface area contributed by atoms with Gasteiger partial charge in [-0.1, -0.05) is 12.1 Å². The van der Waals surface area contributed by atoms with Gasteiger partial charge in [0.2, 0.25) is 0 Å². The molecule has 0 amide bonds. The van der Waals surface area contributed by atoms with E-state index in [0.717, 1.165) is 0 Å². The van der Waals surface area contributed by atoms with Gasteiger partial charge in [0.05, 0.1) is 0 Å². The minimum Gasteiger partial charge on any atom is -0.507 e. The molecule has 15 heavy (non-hydrogen) atoms. The SMILES string of the molecule is O=C(O)CO.O=C(O)c1ccccc1O. The average molecular weight is 214 g/mol. The van der Waals surface area contributed by atoms with E-state index in [-0.39, 0.29) is 11.3 Å². The number of aliphatic hydroxyl groups excluding tert-OH is 1. The fourth-order valence-electron chi connectivity index (χ4n) is 0.654. The van der Waals surface area contributed by atoms with Gasteiger partial charge in [-0.2, -0.15) is 0 Å². The number of hydrogen-bond acceptors (Lipinski definition) is 4. The van der Waals surface area contributed by atoms with Gasteiger partial charge in [0.25, 0.3) is 0 Å². The second kappa shape index (κ2) is 6.39. The number of hydrogen-bond donors (Lipinski definition) is 4. The van der Waals surface area contributed by atoms with Crippen molar-refractivity contribution >= 4 is 11.9 Å². The second-order valence-corrected chi connectivity index (χ2v) is 2.37. The van der Waals surface area contributed by atoms with Gasteiger partial charge in [-0.15, -0.1) is 0 Å². The van der Waals surface area contributed by atoms with Crippen LogP contribution in [0.3, 0.4) is 0 Å². The lowest BCUT2D eigenvalue weighted by atomic mass is 10.2.